The van der Waals surface area contributed by atoms with Crippen molar-refractivity contribution in [2.24, 2.45) is 0 Å². The van der Waals surface area contributed by atoms with Gasteiger partial charge in [-0.2, -0.15) is 0 Å². The minimum Gasteiger partial charge on any atom is -0.445 e. The Hall–Kier alpha value is -1.98. The predicted molar refractivity (Wildman–Crippen MR) is 57.1 cm³/mol. The average molecular weight is 223 g/mol. The summed E-state index contributed by atoms with van der Waals surface area (Å²) < 4.78 is 4.91. The molecule has 1 aliphatic heterocycles. The molecular weight excluding hydrogens is 210 g/mol. The largest absolute Gasteiger partial charge is 0.445 e. The highest BCUT2D eigenvalue weighted by Crippen LogP contribution is 2.13. The fourth-order valence-electron chi connectivity index (χ4n) is 1.69. The molecule has 0 aliphatic carbocycles. The lowest BCUT2D eigenvalue weighted by Crippen LogP contribution is -2.37. The molecule has 1 aromatic heterocycles. The first-order valence-corrected chi connectivity index (χ1v) is 5.03. The van der Waals surface area contributed by atoms with Crippen LogP contribution in [0.3, 0.4) is 0 Å². The van der Waals surface area contributed by atoms with Crippen LogP contribution < -0.4 is 5.56 Å². The van der Waals surface area contributed by atoms with Gasteiger partial charge in [-0.25, -0.2) is 4.79 Å². The second-order valence-corrected chi connectivity index (χ2v) is 3.57. The molecule has 0 atom stereocenters. The highest BCUT2D eigenvalue weighted by Gasteiger charge is 2.24. The molecule has 2 rings (SSSR count). The van der Waals surface area contributed by atoms with E-state index in [2.05, 4.69) is 16.8 Å². The summed E-state index contributed by atoms with van der Waals surface area (Å²) in [6.45, 7) is 4.50. The maximum absolute atomic E-state index is 11.5. The summed E-state index contributed by atoms with van der Waals surface area (Å²) in [5.74, 6) is 0. The van der Waals surface area contributed by atoms with E-state index in [9.17, 15) is 9.59 Å². The lowest BCUT2D eigenvalue weighted by Gasteiger charge is -2.25. The first-order valence-electron chi connectivity index (χ1n) is 5.03. The van der Waals surface area contributed by atoms with Gasteiger partial charge in [0, 0.05) is 18.7 Å². The third-order valence-corrected chi connectivity index (χ3v) is 2.53. The number of amides is 1. The van der Waals surface area contributed by atoms with Crippen LogP contribution in [-0.4, -0.2) is 34.3 Å². The number of hydrogen-bond donors (Lipinski definition) is 2. The van der Waals surface area contributed by atoms with Crippen molar-refractivity contribution in [2.45, 2.75) is 13.0 Å². The van der Waals surface area contributed by atoms with Crippen LogP contribution in [0, 0.1) is 0 Å². The number of H-pyrrole nitrogens is 2. The number of hydrogen-bond acceptors (Lipinski definition) is 3. The Kier molecular flexibility index (Phi) is 2.80. The van der Waals surface area contributed by atoms with Crippen LogP contribution in [0.2, 0.25) is 0 Å². The van der Waals surface area contributed by atoms with Crippen LogP contribution in [0.4, 0.5) is 4.79 Å². The van der Waals surface area contributed by atoms with Gasteiger partial charge in [0.2, 0.25) is 0 Å². The molecule has 0 radical (unpaired) electrons. The van der Waals surface area contributed by atoms with Gasteiger partial charge in [0.15, 0.2) is 0 Å². The van der Waals surface area contributed by atoms with E-state index in [1.54, 1.807) is 0 Å². The Morgan fingerprint density at radius 3 is 3.12 bits per heavy atom. The fourth-order valence-corrected chi connectivity index (χ4v) is 1.69. The maximum Gasteiger partial charge on any atom is 0.410 e. The van der Waals surface area contributed by atoms with E-state index < -0.39 is 6.09 Å². The van der Waals surface area contributed by atoms with Crippen LogP contribution in [0.1, 0.15) is 11.3 Å². The molecular formula is C10H13N3O3. The van der Waals surface area contributed by atoms with E-state index in [0.29, 0.717) is 25.1 Å². The monoisotopic (exact) mass is 223 g/mol. The van der Waals surface area contributed by atoms with Gasteiger partial charge >= 0.3 is 6.09 Å². The first kappa shape index (κ1) is 10.5. The summed E-state index contributed by atoms with van der Waals surface area (Å²) in [6, 6.07) is 0. The third kappa shape index (κ3) is 1.86. The number of ether oxygens (including phenoxy) is 1. The van der Waals surface area contributed by atoms with Gasteiger partial charge in [-0.3, -0.25) is 9.89 Å². The molecule has 1 aromatic rings. The molecule has 0 saturated carbocycles. The van der Waals surface area contributed by atoms with Gasteiger partial charge in [0.1, 0.15) is 6.61 Å². The summed E-state index contributed by atoms with van der Waals surface area (Å²) in [5.41, 5.74) is 1.32. The molecule has 0 aromatic carbocycles. The molecule has 6 nitrogen and oxygen atoms in total. The lowest BCUT2D eigenvalue weighted by molar-refractivity contribution is 0.107. The zero-order valence-electron chi connectivity index (χ0n) is 8.78. The van der Waals surface area contributed by atoms with Crippen LogP contribution in [0.15, 0.2) is 17.4 Å². The zero-order valence-corrected chi connectivity index (χ0v) is 8.78. The number of carbonyl (C=O) groups excluding carboxylic acids is 1. The SMILES string of the molecule is C=CCOC(=O)N1CCc2[nH][nH]c(=O)c2C1. The van der Waals surface area contributed by atoms with E-state index in [-0.39, 0.29) is 12.2 Å². The molecule has 0 unspecified atom stereocenters. The minimum absolute atomic E-state index is 0.170. The highest BCUT2D eigenvalue weighted by atomic mass is 16.6. The molecule has 0 saturated heterocycles. The van der Waals surface area contributed by atoms with Crippen molar-refractivity contribution in [1.82, 2.24) is 15.1 Å². The van der Waals surface area contributed by atoms with Crippen molar-refractivity contribution in [2.75, 3.05) is 13.2 Å². The van der Waals surface area contributed by atoms with Gasteiger partial charge in [0.25, 0.3) is 5.56 Å². The first-order chi connectivity index (χ1) is 7.72. The highest BCUT2D eigenvalue weighted by molar-refractivity contribution is 5.68. The standard InChI is InChI=1S/C10H13N3O3/c1-2-5-16-10(15)13-4-3-8-7(6-13)9(14)12-11-8/h2H,1,3-6H2,(H2,11,12,14). The molecule has 6 heteroatoms. The Balaban J connectivity index is 2.07. The molecule has 0 spiro atoms. The molecule has 0 fully saturated rings. The Morgan fingerprint density at radius 2 is 2.38 bits per heavy atom. The summed E-state index contributed by atoms with van der Waals surface area (Å²) in [5, 5.41) is 5.30. The quantitative estimate of drug-likeness (QED) is 0.711. The molecule has 1 amide bonds. The average Bonchev–Trinajstić information content (AvgIpc) is 2.67. The molecule has 16 heavy (non-hydrogen) atoms. The van der Waals surface area contributed by atoms with E-state index in [0.717, 1.165) is 5.69 Å². The molecule has 1 aliphatic rings. The van der Waals surface area contributed by atoms with Crippen molar-refractivity contribution in [3.8, 4) is 0 Å². The van der Waals surface area contributed by atoms with Crippen LogP contribution in [0.25, 0.3) is 0 Å². The van der Waals surface area contributed by atoms with E-state index in [4.69, 9.17) is 4.74 Å². The number of nitrogens with one attached hydrogen (secondary N) is 2. The second-order valence-electron chi connectivity index (χ2n) is 3.57. The van der Waals surface area contributed by atoms with Crippen molar-refractivity contribution < 1.29 is 9.53 Å². The van der Waals surface area contributed by atoms with Gasteiger partial charge in [-0.05, 0) is 0 Å². The number of aromatic amines is 2. The maximum atomic E-state index is 11.5. The summed E-state index contributed by atoms with van der Waals surface area (Å²) in [6.07, 6.45) is 1.74. The Morgan fingerprint density at radius 1 is 1.56 bits per heavy atom. The molecule has 2 heterocycles. The third-order valence-electron chi connectivity index (χ3n) is 2.53. The zero-order chi connectivity index (χ0) is 11.5. The lowest BCUT2D eigenvalue weighted by atomic mass is 10.1. The van der Waals surface area contributed by atoms with Crippen molar-refractivity contribution >= 4 is 6.09 Å². The topological polar surface area (TPSA) is 78.2 Å². The van der Waals surface area contributed by atoms with Gasteiger partial charge in [-0.1, -0.05) is 12.7 Å². The Labute approximate surface area is 91.9 Å². The summed E-state index contributed by atoms with van der Waals surface area (Å²) >= 11 is 0. The number of nitrogens with zero attached hydrogens (tertiary/aromatic N) is 1. The Bertz CT molecular complexity index is 460. The summed E-state index contributed by atoms with van der Waals surface area (Å²) in [7, 11) is 0. The van der Waals surface area contributed by atoms with Gasteiger partial charge in [-0.15, -0.1) is 0 Å². The van der Waals surface area contributed by atoms with Crippen molar-refractivity contribution in [3.05, 3.63) is 34.3 Å². The number of fused-ring (bicyclic) bond motifs is 1. The van der Waals surface area contributed by atoms with E-state index in [1.165, 1.54) is 11.0 Å². The predicted octanol–water partition coefficient (Wildman–Crippen LogP) is 0.384. The van der Waals surface area contributed by atoms with Crippen LogP contribution >= 0.6 is 0 Å². The number of aromatic nitrogens is 2. The molecule has 2 N–H and O–H groups in total. The minimum atomic E-state index is -0.411. The summed E-state index contributed by atoms with van der Waals surface area (Å²) in [4.78, 5) is 24.4. The van der Waals surface area contributed by atoms with Crippen molar-refractivity contribution in [1.29, 1.82) is 0 Å². The van der Waals surface area contributed by atoms with Gasteiger partial charge in [0.05, 0.1) is 12.1 Å². The second kappa shape index (κ2) is 4.26. The smallest absolute Gasteiger partial charge is 0.410 e. The van der Waals surface area contributed by atoms with Crippen molar-refractivity contribution in [3.63, 3.8) is 0 Å². The number of rotatable bonds is 2. The van der Waals surface area contributed by atoms with Crippen LogP contribution in [0.5, 0.6) is 0 Å². The molecule has 86 valence electrons. The van der Waals surface area contributed by atoms with Crippen LogP contribution in [-0.2, 0) is 17.7 Å². The van der Waals surface area contributed by atoms with Gasteiger partial charge < -0.3 is 14.7 Å². The van der Waals surface area contributed by atoms with E-state index >= 15 is 0 Å². The fraction of sp³-hybridized carbons (Fsp3) is 0.400. The van der Waals surface area contributed by atoms with E-state index in [1.807, 2.05) is 0 Å². The normalized spacial score (nSPS) is 14.4. The molecule has 0 bridgehead atoms. The number of carbonyl (C=O) groups is 1.